The van der Waals surface area contributed by atoms with Crippen molar-refractivity contribution >= 4 is 36.7 Å². The van der Waals surface area contributed by atoms with Gasteiger partial charge in [0, 0.05) is 18.2 Å². The fourth-order valence-electron chi connectivity index (χ4n) is 5.75. The van der Waals surface area contributed by atoms with Gasteiger partial charge in [-0.1, -0.05) is 31.0 Å². The second-order valence-electron chi connectivity index (χ2n) is 10.5. The molecule has 11 heteroatoms. The maximum absolute atomic E-state index is 13.5. The molecule has 2 saturated carbocycles. The van der Waals surface area contributed by atoms with Gasteiger partial charge in [-0.25, -0.2) is 35.5 Å². The minimum atomic E-state index is -3.84. The maximum Gasteiger partial charge on any atom is 0.269 e. The number of fused-ring (bicyclic) bond motifs is 3. The third-order valence-electron chi connectivity index (χ3n) is 7.90. The molecule has 0 spiro atoms. The smallest absolute Gasteiger partial charge is 0.269 e. The standard InChI is InChI=1S/C26H31N5O4S2/c1-4-18-13-19(29-36(32,33)20-9-10-20)14-22(18)25-28-17(3)24-15-27-26-23(31(24)25)11-12-30(26)37(34,35)21-7-5-16(2)6-8-21/h5-8,11-12,15,18-20,22,29H,4,9-10,13-14H2,1-3H3/t18-,19+,22+/m1/s1. The van der Waals surface area contributed by atoms with Gasteiger partial charge in [0.05, 0.1) is 33.1 Å². The van der Waals surface area contributed by atoms with Gasteiger partial charge in [0.2, 0.25) is 10.0 Å². The molecule has 3 aromatic heterocycles. The van der Waals surface area contributed by atoms with Crippen LogP contribution >= 0.6 is 0 Å². The van der Waals surface area contributed by atoms with E-state index in [9.17, 15) is 16.8 Å². The first-order valence-corrected chi connectivity index (χ1v) is 15.8. The van der Waals surface area contributed by atoms with Crippen molar-refractivity contribution in [3.8, 4) is 0 Å². The average molecular weight is 542 g/mol. The summed E-state index contributed by atoms with van der Waals surface area (Å²) in [5.74, 6) is 1.14. The molecule has 0 saturated heterocycles. The first-order valence-electron chi connectivity index (χ1n) is 12.8. The van der Waals surface area contributed by atoms with Crippen LogP contribution in [-0.2, 0) is 20.0 Å². The molecule has 0 radical (unpaired) electrons. The Morgan fingerprint density at radius 1 is 1.00 bits per heavy atom. The molecule has 0 unspecified atom stereocenters. The Bertz CT molecular complexity index is 1720. The fraction of sp³-hybridized carbons (Fsp3) is 0.462. The molecule has 9 nitrogen and oxygen atoms in total. The highest BCUT2D eigenvalue weighted by atomic mass is 32.2. The van der Waals surface area contributed by atoms with Crippen LogP contribution in [0.25, 0.3) is 16.7 Å². The number of hydrogen-bond donors (Lipinski definition) is 1. The first kappa shape index (κ1) is 24.6. The highest BCUT2D eigenvalue weighted by Crippen LogP contribution is 2.43. The first-order chi connectivity index (χ1) is 17.6. The van der Waals surface area contributed by atoms with E-state index in [1.54, 1.807) is 42.7 Å². The molecular weight excluding hydrogens is 510 g/mol. The van der Waals surface area contributed by atoms with Gasteiger partial charge in [0.15, 0.2) is 5.65 Å². The summed E-state index contributed by atoms with van der Waals surface area (Å²) in [6, 6.07) is 8.41. The van der Waals surface area contributed by atoms with Crippen molar-refractivity contribution in [1.29, 1.82) is 0 Å². The molecule has 4 aromatic rings. The SMILES string of the molecule is CC[C@@H]1C[C@H](NS(=O)(=O)C2CC2)C[C@@H]1c1nc(C)c2cnc3c(ccn3S(=O)(=O)c3ccc(C)cc3)n12. The topological polar surface area (TPSA) is 115 Å². The molecule has 0 bridgehead atoms. The molecule has 2 aliphatic rings. The Hall–Kier alpha value is -2.76. The van der Waals surface area contributed by atoms with Gasteiger partial charge in [-0.3, -0.25) is 4.40 Å². The molecule has 2 fully saturated rings. The highest BCUT2D eigenvalue weighted by Gasteiger charge is 2.42. The third-order valence-corrected chi connectivity index (χ3v) is 11.6. The van der Waals surface area contributed by atoms with Gasteiger partial charge in [0.1, 0.15) is 5.82 Å². The molecule has 3 atom stereocenters. The number of aryl methyl sites for hydroxylation is 2. The minimum Gasteiger partial charge on any atom is -0.291 e. The summed E-state index contributed by atoms with van der Waals surface area (Å²) in [5.41, 5.74) is 3.62. The molecule has 3 heterocycles. The second-order valence-corrected chi connectivity index (χ2v) is 14.3. The van der Waals surface area contributed by atoms with Crippen LogP contribution in [0, 0.1) is 19.8 Å². The van der Waals surface area contributed by atoms with E-state index in [0.29, 0.717) is 17.6 Å². The average Bonchev–Trinajstić information content (AvgIpc) is 3.39. The number of nitrogens with zero attached hydrogens (tertiary/aromatic N) is 4. The van der Waals surface area contributed by atoms with Crippen molar-refractivity contribution in [1.82, 2.24) is 23.1 Å². The van der Waals surface area contributed by atoms with Crippen molar-refractivity contribution in [3.63, 3.8) is 0 Å². The summed E-state index contributed by atoms with van der Waals surface area (Å²) in [6.07, 6.45) is 7.02. The zero-order chi connectivity index (χ0) is 26.1. The van der Waals surface area contributed by atoms with Gasteiger partial charge >= 0.3 is 0 Å². The Labute approximate surface area is 217 Å². The van der Waals surface area contributed by atoms with Crippen LogP contribution in [0.5, 0.6) is 0 Å². The van der Waals surface area contributed by atoms with Gasteiger partial charge in [0.25, 0.3) is 10.0 Å². The monoisotopic (exact) mass is 541 g/mol. The Morgan fingerprint density at radius 3 is 2.41 bits per heavy atom. The van der Waals surface area contributed by atoms with Crippen LogP contribution in [0.4, 0.5) is 0 Å². The van der Waals surface area contributed by atoms with Crippen molar-refractivity contribution in [3.05, 3.63) is 59.8 Å². The third kappa shape index (κ3) is 4.07. The minimum absolute atomic E-state index is 0.0424. The Kier molecular flexibility index (Phi) is 5.74. The number of rotatable bonds is 7. The second kappa shape index (κ2) is 8.64. The van der Waals surface area contributed by atoms with E-state index in [0.717, 1.165) is 48.3 Å². The van der Waals surface area contributed by atoms with E-state index >= 15 is 0 Å². The quantitative estimate of drug-likeness (QED) is 0.380. The van der Waals surface area contributed by atoms with E-state index in [-0.39, 0.29) is 28.0 Å². The predicted octanol–water partition coefficient (Wildman–Crippen LogP) is 3.89. The summed E-state index contributed by atoms with van der Waals surface area (Å²) in [5, 5.41) is -0.248. The van der Waals surface area contributed by atoms with Crippen molar-refractivity contribution in [2.45, 2.75) is 75.0 Å². The van der Waals surface area contributed by atoms with E-state index in [4.69, 9.17) is 4.98 Å². The number of benzene rings is 1. The van der Waals surface area contributed by atoms with E-state index in [1.807, 2.05) is 18.2 Å². The lowest BCUT2D eigenvalue weighted by atomic mass is 9.93. The predicted molar refractivity (Wildman–Crippen MR) is 142 cm³/mol. The lowest BCUT2D eigenvalue weighted by molar-refractivity contribution is 0.450. The zero-order valence-corrected chi connectivity index (χ0v) is 22.8. The molecule has 37 heavy (non-hydrogen) atoms. The van der Waals surface area contributed by atoms with Crippen LogP contribution in [-0.4, -0.2) is 46.5 Å². The lowest BCUT2D eigenvalue weighted by Crippen LogP contribution is -2.35. The van der Waals surface area contributed by atoms with E-state index in [2.05, 4.69) is 16.6 Å². The molecule has 196 valence electrons. The zero-order valence-electron chi connectivity index (χ0n) is 21.1. The largest absolute Gasteiger partial charge is 0.291 e. The number of nitrogens with one attached hydrogen (secondary N) is 1. The van der Waals surface area contributed by atoms with Gasteiger partial charge in [-0.2, -0.15) is 0 Å². The molecule has 0 amide bonds. The summed E-state index contributed by atoms with van der Waals surface area (Å²) in [6.45, 7) is 5.96. The van der Waals surface area contributed by atoms with Crippen LogP contribution in [0.15, 0.2) is 47.6 Å². The van der Waals surface area contributed by atoms with Crippen LogP contribution in [0.3, 0.4) is 0 Å². The van der Waals surface area contributed by atoms with Crippen molar-refractivity contribution in [2.75, 3.05) is 0 Å². The molecule has 2 aliphatic carbocycles. The molecule has 1 N–H and O–H groups in total. The summed E-state index contributed by atoms with van der Waals surface area (Å²) < 4.78 is 58.4. The van der Waals surface area contributed by atoms with Gasteiger partial charge in [-0.05, 0) is 63.6 Å². The normalized spacial score (nSPS) is 22.8. The number of sulfonamides is 1. The van der Waals surface area contributed by atoms with Crippen molar-refractivity contribution in [2.24, 2.45) is 5.92 Å². The molecule has 6 rings (SSSR count). The van der Waals surface area contributed by atoms with Gasteiger partial charge in [-0.15, -0.1) is 0 Å². The van der Waals surface area contributed by atoms with E-state index < -0.39 is 20.0 Å². The highest BCUT2D eigenvalue weighted by molar-refractivity contribution is 7.90. The molecular formula is C26H31N5O4S2. The van der Waals surface area contributed by atoms with Crippen molar-refractivity contribution < 1.29 is 16.8 Å². The van der Waals surface area contributed by atoms with Gasteiger partial charge < -0.3 is 0 Å². The van der Waals surface area contributed by atoms with Crippen LogP contribution in [0.2, 0.25) is 0 Å². The summed E-state index contributed by atoms with van der Waals surface area (Å²) in [4.78, 5) is 9.67. The number of hydrogen-bond acceptors (Lipinski definition) is 6. The maximum atomic E-state index is 13.5. The molecule has 0 aliphatic heterocycles. The Morgan fingerprint density at radius 2 is 1.73 bits per heavy atom. The Balaban J connectivity index is 1.43. The summed E-state index contributed by atoms with van der Waals surface area (Å²) >= 11 is 0. The molecule has 1 aromatic carbocycles. The fourth-order valence-corrected chi connectivity index (χ4v) is 8.65. The summed E-state index contributed by atoms with van der Waals surface area (Å²) in [7, 11) is -7.11. The number of aromatic nitrogens is 4. The van der Waals surface area contributed by atoms with E-state index in [1.165, 1.54) is 3.97 Å². The lowest BCUT2D eigenvalue weighted by Gasteiger charge is -2.17. The number of imidazole rings is 1. The van der Waals surface area contributed by atoms with Crippen LogP contribution < -0.4 is 4.72 Å². The van der Waals surface area contributed by atoms with Crippen LogP contribution in [0.1, 0.15) is 62.0 Å².